The zero-order valence-electron chi connectivity index (χ0n) is 13.9. The van der Waals surface area contributed by atoms with Crippen molar-refractivity contribution in [2.75, 3.05) is 0 Å². The highest BCUT2D eigenvalue weighted by atomic mass is 32.2. The number of hydrogen-bond donors (Lipinski definition) is 2. The van der Waals surface area contributed by atoms with Crippen molar-refractivity contribution < 1.29 is 31.4 Å². The number of nitriles is 1. The van der Waals surface area contributed by atoms with Gasteiger partial charge in [0.2, 0.25) is 0 Å². The summed E-state index contributed by atoms with van der Waals surface area (Å²) in [5.74, 6) is -4.37. The van der Waals surface area contributed by atoms with Crippen molar-refractivity contribution in [2.45, 2.75) is 30.6 Å². The summed E-state index contributed by atoms with van der Waals surface area (Å²) in [5, 5.41) is 17.9. The van der Waals surface area contributed by atoms with Gasteiger partial charge in [-0.3, -0.25) is 0 Å². The highest BCUT2D eigenvalue weighted by Crippen LogP contribution is 2.50. The number of fused-ring (bicyclic) bond motifs is 1. The first-order chi connectivity index (χ1) is 12.6. The number of benzene rings is 2. The summed E-state index contributed by atoms with van der Waals surface area (Å²) in [6.45, 7) is 1.33. The Hall–Kier alpha value is -2.57. The molecule has 1 aliphatic carbocycles. The van der Waals surface area contributed by atoms with E-state index in [4.69, 9.17) is 10.00 Å². The third-order valence-electron chi connectivity index (χ3n) is 4.43. The van der Waals surface area contributed by atoms with Crippen molar-refractivity contribution >= 4 is 10.7 Å². The van der Waals surface area contributed by atoms with Crippen LogP contribution in [-0.4, -0.2) is 19.4 Å². The molecular weight excluding hydrogens is 383 g/mol. The van der Waals surface area contributed by atoms with E-state index in [9.17, 15) is 26.7 Å². The summed E-state index contributed by atoms with van der Waals surface area (Å²) >= 11 is 0. The van der Waals surface area contributed by atoms with E-state index in [1.165, 1.54) is 25.1 Å². The van der Waals surface area contributed by atoms with Gasteiger partial charge in [-0.1, -0.05) is 6.07 Å². The van der Waals surface area contributed by atoms with Gasteiger partial charge in [-0.05, 0) is 36.2 Å². The van der Waals surface area contributed by atoms with Gasteiger partial charge < -0.3 is 9.84 Å². The van der Waals surface area contributed by atoms with Crippen LogP contribution in [0.3, 0.4) is 0 Å². The smallest absolute Gasteiger partial charge is 0.281 e. The molecule has 0 unspecified atom stereocenters. The van der Waals surface area contributed by atoms with E-state index in [0.29, 0.717) is 0 Å². The molecule has 0 fully saturated rings. The predicted molar refractivity (Wildman–Crippen MR) is 90.0 cm³/mol. The maximum Gasteiger partial charge on any atom is 0.281 e. The minimum absolute atomic E-state index is 0.0133. The molecule has 0 heterocycles. The second-order valence-electron chi connectivity index (χ2n) is 6.24. The number of thiol groups is 1. The van der Waals surface area contributed by atoms with Gasteiger partial charge in [0.15, 0.2) is 0 Å². The van der Waals surface area contributed by atoms with Crippen molar-refractivity contribution in [2.24, 2.45) is 0 Å². The first kappa shape index (κ1) is 19.2. The molecule has 2 aromatic rings. The van der Waals surface area contributed by atoms with E-state index in [2.05, 4.69) is 0 Å². The van der Waals surface area contributed by atoms with Crippen LogP contribution in [0.4, 0.5) is 13.2 Å². The zero-order chi connectivity index (χ0) is 19.9. The highest BCUT2D eigenvalue weighted by molar-refractivity contribution is 7.72. The monoisotopic (exact) mass is 397 g/mol. The molecule has 1 N–H and O–H groups in total. The van der Waals surface area contributed by atoms with Crippen molar-refractivity contribution in [1.82, 2.24) is 0 Å². The molecule has 142 valence electrons. The predicted octanol–water partition coefficient (Wildman–Crippen LogP) is 3.39. The Morgan fingerprint density at radius 1 is 1.33 bits per heavy atom. The van der Waals surface area contributed by atoms with Crippen LogP contribution >= 0.6 is 0 Å². The SMILES string of the molecule is C[C@@H](c1ccc(Oc2cc(F)cc(C#N)c2)c2c1[C@H](O)C(F)(F)C2)[SH](=O)=O. The topological polar surface area (TPSA) is 87.4 Å². The van der Waals surface area contributed by atoms with E-state index in [0.717, 1.165) is 12.1 Å². The lowest BCUT2D eigenvalue weighted by Gasteiger charge is -2.18. The summed E-state index contributed by atoms with van der Waals surface area (Å²) in [6.07, 6.45) is -3.03. The first-order valence-corrected chi connectivity index (χ1v) is 9.12. The molecule has 5 nitrogen and oxygen atoms in total. The second-order valence-corrected chi connectivity index (χ2v) is 7.58. The van der Waals surface area contributed by atoms with E-state index in [-0.39, 0.29) is 33.8 Å². The number of ether oxygens (including phenoxy) is 1. The lowest BCUT2D eigenvalue weighted by atomic mass is 9.99. The Balaban J connectivity index is 2.12. The second kappa shape index (κ2) is 6.87. The molecule has 0 saturated heterocycles. The van der Waals surface area contributed by atoms with Gasteiger partial charge in [0, 0.05) is 18.1 Å². The fourth-order valence-electron chi connectivity index (χ4n) is 3.10. The lowest BCUT2D eigenvalue weighted by Crippen LogP contribution is -2.22. The molecule has 27 heavy (non-hydrogen) atoms. The summed E-state index contributed by atoms with van der Waals surface area (Å²) in [4.78, 5) is 0. The van der Waals surface area contributed by atoms with Crippen LogP contribution in [0.2, 0.25) is 0 Å². The molecule has 0 saturated carbocycles. The van der Waals surface area contributed by atoms with Crippen LogP contribution in [0, 0.1) is 17.1 Å². The third kappa shape index (κ3) is 3.50. The van der Waals surface area contributed by atoms with Crippen molar-refractivity contribution in [3.63, 3.8) is 0 Å². The fraction of sp³-hybridized carbons (Fsp3) is 0.278. The van der Waals surface area contributed by atoms with Crippen LogP contribution in [0.15, 0.2) is 30.3 Å². The highest BCUT2D eigenvalue weighted by Gasteiger charge is 2.49. The van der Waals surface area contributed by atoms with Gasteiger partial charge in [-0.2, -0.15) is 5.26 Å². The molecule has 0 aliphatic heterocycles. The summed E-state index contributed by atoms with van der Waals surface area (Å²) < 4.78 is 69.9. The normalized spacial score (nSPS) is 18.8. The standard InChI is InChI=1S/C18H14F3NO4S/c1-9(27(24)25)13-2-3-15(14-7-18(20,21)17(23)16(13)14)26-12-5-10(8-22)4-11(19)6-12/h2-6,9,17,23,27H,7H2,1H3/t9-,17-/m0/s1. The Labute approximate surface area is 154 Å². The van der Waals surface area contributed by atoms with Crippen LogP contribution in [0.1, 0.15) is 40.5 Å². The van der Waals surface area contributed by atoms with Crippen molar-refractivity contribution in [3.05, 3.63) is 58.4 Å². The molecule has 2 aromatic carbocycles. The number of aliphatic hydroxyl groups is 1. The number of hydrogen-bond acceptors (Lipinski definition) is 5. The van der Waals surface area contributed by atoms with E-state index >= 15 is 0 Å². The van der Waals surface area contributed by atoms with Gasteiger partial charge >= 0.3 is 0 Å². The third-order valence-corrected chi connectivity index (χ3v) is 5.34. The molecule has 3 rings (SSSR count). The maximum absolute atomic E-state index is 14.1. The van der Waals surface area contributed by atoms with E-state index < -0.39 is 40.2 Å². The van der Waals surface area contributed by atoms with Crippen LogP contribution in [0.5, 0.6) is 11.5 Å². The number of rotatable bonds is 4. The van der Waals surface area contributed by atoms with Gasteiger partial charge in [0.05, 0.1) is 16.9 Å². The Morgan fingerprint density at radius 3 is 2.67 bits per heavy atom. The molecule has 2 atom stereocenters. The molecule has 9 heteroatoms. The summed E-state index contributed by atoms with van der Waals surface area (Å²) in [5.41, 5.74) is -0.187. The van der Waals surface area contributed by atoms with Crippen LogP contribution in [-0.2, 0) is 17.1 Å². The molecule has 0 amide bonds. The summed E-state index contributed by atoms with van der Waals surface area (Å²) in [7, 11) is -2.95. The summed E-state index contributed by atoms with van der Waals surface area (Å²) in [6, 6.07) is 7.57. The van der Waals surface area contributed by atoms with Gasteiger partial charge in [-0.25, -0.2) is 21.6 Å². The number of aliphatic hydroxyl groups excluding tert-OH is 1. The first-order valence-electron chi connectivity index (χ1n) is 7.87. The molecule has 0 radical (unpaired) electrons. The van der Waals surface area contributed by atoms with Crippen LogP contribution < -0.4 is 4.74 Å². The average molecular weight is 397 g/mol. The molecule has 0 spiro atoms. The van der Waals surface area contributed by atoms with Crippen molar-refractivity contribution in [1.29, 1.82) is 5.26 Å². The van der Waals surface area contributed by atoms with Gasteiger partial charge in [-0.15, -0.1) is 0 Å². The minimum Gasteiger partial charge on any atom is -0.457 e. The number of alkyl halides is 2. The quantitative estimate of drug-likeness (QED) is 0.773. The molecule has 1 aliphatic rings. The maximum atomic E-state index is 14.1. The van der Waals surface area contributed by atoms with E-state index in [1.807, 2.05) is 0 Å². The Kier molecular flexibility index (Phi) is 4.88. The van der Waals surface area contributed by atoms with Crippen LogP contribution in [0.25, 0.3) is 0 Å². The Morgan fingerprint density at radius 2 is 2.04 bits per heavy atom. The average Bonchev–Trinajstić information content (AvgIpc) is 2.84. The van der Waals surface area contributed by atoms with Gasteiger partial charge in [0.1, 0.15) is 34.1 Å². The number of nitrogens with zero attached hydrogens (tertiary/aromatic N) is 1. The largest absolute Gasteiger partial charge is 0.457 e. The lowest BCUT2D eigenvalue weighted by molar-refractivity contribution is -0.0971. The van der Waals surface area contributed by atoms with E-state index in [1.54, 1.807) is 6.07 Å². The minimum atomic E-state index is -3.50. The molecule has 0 bridgehead atoms. The van der Waals surface area contributed by atoms with Gasteiger partial charge in [0.25, 0.3) is 5.92 Å². The number of halogens is 3. The molecular formula is C18H14F3NO4S. The Bertz CT molecular complexity index is 1020. The fourth-order valence-corrected chi connectivity index (χ4v) is 3.55. The molecule has 0 aromatic heterocycles. The zero-order valence-corrected chi connectivity index (χ0v) is 14.8. The van der Waals surface area contributed by atoms with Crippen molar-refractivity contribution in [3.8, 4) is 17.6 Å².